The number of likely N-dealkylation sites (tertiary alicyclic amines) is 1. The number of benzene rings is 1. The van der Waals surface area contributed by atoms with Gasteiger partial charge in [-0.25, -0.2) is 4.79 Å². The number of amides is 2. The Kier molecular flexibility index (Phi) is 8.19. The molecule has 12 heteroatoms. The van der Waals surface area contributed by atoms with Crippen LogP contribution in [0.15, 0.2) is 46.6 Å². The number of para-hydroxylation sites is 1. The predicted octanol–water partition coefficient (Wildman–Crippen LogP) is 1.49. The molecular formula is C28H35BN4O7. The van der Waals surface area contributed by atoms with Crippen LogP contribution in [-0.2, 0) is 20.7 Å². The summed E-state index contributed by atoms with van der Waals surface area (Å²) in [6.07, 6.45) is 3.50. The Hall–Kier alpha value is -3.37. The van der Waals surface area contributed by atoms with E-state index in [4.69, 9.17) is 13.9 Å². The van der Waals surface area contributed by atoms with Crippen molar-refractivity contribution < 1.29 is 33.5 Å². The second kappa shape index (κ2) is 11.6. The predicted molar refractivity (Wildman–Crippen MR) is 146 cm³/mol. The van der Waals surface area contributed by atoms with E-state index in [0.717, 1.165) is 30.5 Å². The zero-order valence-corrected chi connectivity index (χ0v) is 22.8. The number of piperidine rings is 1. The normalized spacial score (nSPS) is 23.8. The number of hydrogen-bond acceptors (Lipinski definition) is 9. The molecule has 3 fully saturated rings. The molecule has 0 bridgehead atoms. The first-order chi connectivity index (χ1) is 19.2. The van der Waals surface area contributed by atoms with Gasteiger partial charge in [0, 0.05) is 30.6 Å². The molecule has 4 atom stereocenters. The third-order valence-electron chi connectivity index (χ3n) is 8.29. The summed E-state index contributed by atoms with van der Waals surface area (Å²) >= 11 is 0. The summed E-state index contributed by atoms with van der Waals surface area (Å²) in [6.45, 7) is 7.08. The fourth-order valence-corrected chi connectivity index (χ4v) is 5.91. The lowest BCUT2D eigenvalue weighted by Crippen LogP contribution is -2.50. The third-order valence-corrected chi connectivity index (χ3v) is 8.29. The van der Waals surface area contributed by atoms with Crippen LogP contribution in [0.3, 0.4) is 0 Å². The van der Waals surface area contributed by atoms with Gasteiger partial charge in [-0.05, 0) is 56.2 Å². The minimum Gasteiger partial charge on any atom is -0.464 e. The molecule has 5 rings (SSSR count). The van der Waals surface area contributed by atoms with Gasteiger partial charge in [-0.1, -0.05) is 18.2 Å². The summed E-state index contributed by atoms with van der Waals surface area (Å²) in [7, 11) is -1.82. The molecule has 2 saturated heterocycles. The quantitative estimate of drug-likeness (QED) is 0.240. The van der Waals surface area contributed by atoms with Crippen molar-refractivity contribution in [2.45, 2.75) is 44.2 Å². The number of nitriles is 1. The molecule has 1 aromatic carbocycles. The molecule has 1 saturated carbocycles. The zero-order chi connectivity index (χ0) is 28.4. The van der Waals surface area contributed by atoms with Crippen LogP contribution in [0.2, 0.25) is 0 Å². The van der Waals surface area contributed by atoms with Crippen molar-refractivity contribution in [3.05, 3.63) is 47.7 Å². The van der Waals surface area contributed by atoms with Crippen LogP contribution >= 0.6 is 0 Å². The van der Waals surface area contributed by atoms with Gasteiger partial charge in [-0.3, -0.25) is 9.69 Å². The summed E-state index contributed by atoms with van der Waals surface area (Å²) < 4.78 is 16.4. The molecule has 0 radical (unpaired) electrons. The van der Waals surface area contributed by atoms with Crippen LogP contribution in [0.1, 0.15) is 25.8 Å². The fraction of sp³-hybridized carbons (Fsp3) is 0.536. The van der Waals surface area contributed by atoms with E-state index in [9.17, 15) is 24.9 Å². The van der Waals surface area contributed by atoms with Crippen molar-refractivity contribution >= 4 is 30.1 Å². The standard InChI is InChI=1S/C28H35BN4O7/c1-28(2,32-7-9-38-10-8-32)13-20(14-30)26(34)33-15-18-11-22(18)23(33)17-40-27(35)31-25(29(36)37)12-19-16-39-24-6-4-3-5-21(19)24/h3-6,13,16,18,22-23,25,36-37H,7-12,15,17H2,1-2H3,(H,31,35)/t18-,22-,23-,25-/m0/s1. The molecule has 2 amide bonds. The van der Waals surface area contributed by atoms with Crippen LogP contribution in [-0.4, -0.2) is 95.9 Å². The molecular weight excluding hydrogens is 515 g/mol. The van der Waals surface area contributed by atoms with Gasteiger partial charge in [0.1, 0.15) is 23.8 Å². The molecule has 1 aromatic heterocycles. The van der Waals surface area contributed by atoms with E-state index in [1.54, 1.807) is 17.0 Å². The van der Waals surface area contributed by atoms with Gasteiger partial charge in [-0.15, -0.1) is 0 Å². The third kappa shape index (κ3) is 6.03. The van der Waals surface area contributed by atoms with Crippen LogP contribution in [0.4, 0.5) is 4.79 Å². The highest BCUT2D eigenvalue weighted by Crippen LogP contribution is 2.50. The molecule has 212 valence electrons. The number of carbonyl (C=O) groups excluding carboxylic acids is 2. The van der Waals surface area contributed by atoms with Crippen molar-refractivity contribution in [3.8, 4) is 6.07 Å². The molecule has 11 nitrogen and oxygen atoms in total. The van der Waals surface area contributed by atoms with Crippen molar-refractivity contribution in [1.29, 1.82) is 5.26 Å². The average Bonchev–Trinajstić information content (AvgIpc) is 3.45. The van der Waals surface area contributed by atoms with E-state index >= 15 is 0 Å². The molecule has 0 unspecified atom stereocenters. The van der Waals surface area contributed by atoms with Gasteiger partial charge in [-0.2, -0.15) is 5.26 Å². The molecule has 40 heavy (non-hydrogen) atoms. The zero-order valence-electron chi connectivity index (χ0n) is 22.8. The maximum atomic E-state index is 13.5. The highest BCUT2D eigenvalue weighted by atomic mass is 16.5. The van der Waals surface area contributed by atoms with E-state index < -0.39 is 24.7 Å². The number of fused-ring (bicyclic) bond motifs is 2. The monoisotopic (exact) mass is 550 g/mol. The van der Waals surface area contributed by atoms with E-state index in [0.29, 0.717) is 31.3 Å². The number of hydrogen-bond donors (Lipinski definition) is 3. The maximum Gasteiger partial charge on any atom is 0.475 e. The van der Waals surface area contributed by atoms with Gasteiger partial charge in [0.15, 0.2) is 0 Å². The van der Waals surface area contributed by atoms with Crippen LogP contribution in [0.25, 0.3) is 11.0 Å². The lowest BCUT2D eigenvalue weighted by molar-refractivity contribution is -0.129. The smallest absolute Gasteiger partial charge is 0.464 e. The van der Waals surface area contributed by atoms with Gasteiger partial charge in [0.05, 0.1) is 31.5 Å². The minimum atomic E-state index is -1.82. The van der Waals surface area contributed by atoms with Crippen molar-refractivity contribution in [2.75, 3.05) is 39.5 Å². The summed E-state index contributed by atoms with van der Waals surface area (Å²) in [5.74, 6) is -0.853. The first-order valence-electron chi connectivity index (χ1n) is 13.7. The summed E-state index contributed by atoms with van der Waals surface area (Å²) in [5, 5.41) is 33.0. The highest BCUT2D eigenvalue weighted by molar-refractivity contribution is 6.43. The van der Waals surface area contributed by atoms with Crippen LogP contribution in [0, 0.1) is 23.2 Å². The topological polar surface area (TPSA) is 148 Å². The number of alkyl carbamates (subject to hydrolysis) is 1. The molecule has 2 aliphatic heterocycles. The molecule has 3 N–H and O–H groups in total. The Morgan fingerprint density at radius 1 is 1.30 bits per heavy atom. The average molecular weight is 550 g/mol. The Balaban J connectivity index is 1.21. The SMILES string of the molecule is CC(C)(C=C(C#N)C(=O)N1C[C@@H]2C[C@@H]2[C@@H]1COC(=O)N[C@@H](Cc1coc2ccccc12)B(O)O)N1CCOCC1. The number of carbonyl (C=O) groups is 2. The first-order valence-corrected chi connectivity index (χ1v) is 13.7. The van der Waals surface area contributed by atoms with Gasteiger partial charge in [0.2, 0.25) is 0 Å². The number of furan rings is 1. The number of ether oxygens (including phenoxy) is 2. The number of rotatable bonds is 9. The van der Waals surface area contributed by atoms with Crippen molar-refractivity contribution in [3.63, 3.8) is 0 Å². The van der Waals surface area contributed by atoms with Crippen LogP contribution < -0.4 is 5.32 Å². The van der Waals surface area contributed by atoms with Crippen LogP contribution in [0.5, 0.6) is 0 Å². The number of nitrogens with zero attached hydrogens (tertiary/aromatic N) is 3. The number of morpholine rings is 1. The Labute approximate surface area is 233 Å². The summed E-state index contributed by atoms with van der Waals surface area (Å²) in [4.78, 5) is 30.0. The Bertz CT molecular complexity index is 1310. The second-order valence-corrected chi connectivity index (χ2v) is 11.3. The van der Waals surface area contributed by atoms with E-state index in [1.807, 2.05) is 32.0 Å². The Morgan fingerprint density at radius 2 is 2.05 bits per heavy atom. The highest BCUT2D eigenvalue weighted by Gasteiger charge is 2.54. The lowest BCUT2D eigenvalue weighted by atomic mass is 9.76. The Morgan fingerprint density at radius 3 is 2.77 bits per heavy atom. The van der Waals surface area contributed by atoms with Crippen molar-refractivity contribution in [2.24, 2.45) is 11.8 Å². The summed E-state index contributed by atoms with van der Waals surface area (Å²) in [6, 6.07) is 9.10. The largest absolute Gasteiger partial charge is 0.475 e. The molecule has 3 heterocycles. The first kappa shape index (κ1) is 28.2. The van der Waals surface area contributed by atoms with Gasteiger partial charge >= 0.3 is 13.2 Å². The molecule has 0 spiro atoms. The fourth-order valence-electron chi connectivity index (χ4n) is 5.91. The second-order valence-electron chi connectivity index (χ2n) is 11.3. The minimum absolute atomic E-state index is 0.0484. The molecule has 3 aliphatic rings. The maximum absolute atomic E-state index is 13.5. The molecule has 2 aromatic rings. The van der Waals surface area contributed by atoms with E-state index in [-0.39, 0.29) is 36.5 Å². The van der Waals surface area contributed by atoms with Gasteiger partial charge < -0.3 is 34.2 Å². The molecule has 1 aliphatic carbocycles. The number of nitrogens with one attached hydrogen (secondary N) is 1. The van der Waals surface area contributed by atoms with Crippen molar-refractivity contribution in [1.82, 2.24) is 15.1 Å². The lowest BCUT2D eigenvalue weighted by Gasteiger charge is -2.39. The van der Waals surface area contributed by atoms with E-state index in [2.05, 4.69) is 16.3 Å². The van der Waals surface area contributed by atoms with E-state index in [1.165, 1.54) is 6.26 Å². The summed E-state index contributed by atoms with van der Waals surface area (Å²) in [5.41, 5.74) is 0.955. The van der Waals surface area contributed by atoms with Gasteiger partial charge in [0.25, 0.3) is 5.91 Å².